The number of amides is 3. The van der Waals surface area contributed by atoms with Crippen molar-refractivity contribution in [1.82, 2.24) is 10.6 Å². The van der Waals surface area contributed by atoms with Crippen LogP contribution in [0.1, 0.15) is 32.6 Å². The quantitative estimate of drug-likeness (QED) is 0.216. The number of nitrogens with one attached hydrogen (secondary N) is 3. The maximum atomic E-state index is 13.1. The lowest BCUT2D eigenvalue weighted by Crippen LogP contribution is -2.49. The molecule has 0 aliphatic heterocycles. The number of fused-ring (bicyclic) bond motifs is 1. The number of aliphatic hydroxyl groups excluding tert-OH is 1. The van der Waals surface area contributed by atoms with Gasteiger partial charge in [0, 0.05) is 24.6 Å². The Kier molecular flexibility index (Phi) is 12.0. The van der Waals surface area contributed by atoms with Crippen molar-refractivity contribution in [2.75, 3.05) is 18.5 Å². The number of carbonyl (C=O) groups is 4. The van der Waals surface area contributed by atoms with Gasteiger partial charge in [0.05, 0.1) is 12.5 Å². The van der Waals surface area contributed by atoms with E-state index in [0.717, 1.165) is 10.8 Å². The summed E-state index contributed by atoms with van der Waals surface area (Å²) in [5.41, 5.74) is 0.515. The number of anilines is 1. The van der Waals surface area contributed by atoms with Crippen LogP contribution in [0.4, 0.5) is 5.69 Å². The number of carbonyl (C=O) groups excluding carboxylic acids is 4. The smallest absolute Gasteiger partial charge is 0.306 e. The molecule has 0 saturated heterocycles. The van der Waals surface area contributed by atoms with Crippen LogP contribution in [0.15, 0.2) is 67.8 Å². The molecule has 3 unspecified atom stereocenters. The maximum absolute atomic E-state index is 13.1. The summed E-state index contributed by atoms with van der Waals surface area (Å²) >= 11 is 0. The molecule has 2 aromatic rings. The lowest BCUT2D eigenvalue weighted by Gasteiger charge is -2.22. The monoisotopic (exact) mass is 509 g/mol. The second-order valence-corrected chi connectivity index (χ2v) is 8.70. The van der Waals surface area contributed by atoms with Crippen LogP contribution < -0.4 is 16.0 Å². The van der Waals surface area contributed by atoms with Gasteiger partial charge in [-0.15, -0.1) is 13.2 Å². The summed E-state index contributed by atoms with van der Waals surface area (Å²) in [6.07, 6.45) is 3.62. The average Bonchev–Trinajstić information content (AvgIpc) is 2.89. The Balaban J connectivity index is 2.16. The van der Waals surface area contributed by atoms with E-state index < -0.39 is 41.7 Å². The lowest BCUT2D eigenvalue weighted by molar-refractivity contribution is -0.146. The van der Waals surface area contributed by atoms with Gasteiger partial charge in [-0.05, 0) is 42.7 Å². The van der Waals surface area contributed by atoms with Gasteiger partial charge in [-0.1, -0.05) is 42.5 Å². The second kappa shape index (κ2) is 15.2. The van der Waals surface area contributed by atoms with E-state index in [4.69, 9.17) is 9.84 Å². The molecule has 2 aromatic carbocycles. The number of aliphatic hydroxyl groups is 1. The molecule has 9 heteroatoms. The summed E-state index contributed by atoms with van der Waals surface area (Å²) in [7, 11) is 0. The van der Waals surface area contributed by atoms with Gasteiger partial charge in [0.15, 0.2) is 0 Å². The molecule has 0 spiro atoms. The summed E-state index contributed by atoms with van der Waals surface area (Å²) < 4.78 is 5.23. The first-order valence-corrected chi connectivity index (χ1v) is 12.1. The first-order valence-electron chi connectivity index (χ1n) is 12.1. The summed E-state index contributed by atoms with van der Waals surface area (Å²) in [6.45, 7) is 8.22. The highest BCUT2D eigenvalue weighted by Crippen LogP contribution is 2.19. The predicted octanol–water partition coefficient (Wildman–Crippen LogP) is 2.85. The highest BCUT2D eigenvalue weighted by atomic mass is 16.5. The summed E-state index contributed by atoms with van der Waals surface area (Å²) in [6, 6.07) is 11.4. The molecule has 0 bridgehead atoms. The highest BCUT2D eigenvalue weighted by Gasteiger charge is 2.28. The molecule has 0 fully saturated rings. The topological polar surface area (TPSA) is 134 Å². The minimum Gasteiger partial charge on any atom is -0.463 e. The minimum absolute atomic E-state index is 0.0960. The molecule has 37 heavy (non-hydrogen) atoms. The second-order valence-electron chi connectivity index (χ2n) is 8.70. The lowest BCUT2D eigenvalue weighted by atomic mass is 9.99. The Morgan fingerprint density at radius 1 is 1.00 bits per heavy atom. The van der Waals surface area contributed by atoms with Crippen molar-refractivity contribution >= 4 is 40.2 Å². The van der Waals surface area contributed by atoms with E-state index >= 15 is 0 Å². The third-order valence-electron chi connectivity index (χ3n) is 5.55. The molecule has 3 amide bonds. The van der Waals surface area contributed by atoms with E-state index in [-0.39, 0.29) is 32.5 Å². The fraction of sp³-hybridized carbons (Fsp3) is 0.357. The number of allylic oxidation sites excluding steroid dienone is 2. The fourth-order valence-corrected chi connectivity index (χ4v) is 3.52. The maximum Gasteiger partial charge on any atom is 0.306 e. The van der Waals surface area contributed by atoms with Gasteiger partial charge in [-0.25, -0.2) is 0 Å². The first kappa shape index (κ1) is 29.3. The molecular weight excluding hydrogens is 474 g/mol. The van der Waals surface area contributed by atoms with Crippen LogP contribution in [-0.4, -0.2) is 54.1 Å². The van der Waals surface area contributed by atoms with Gasteiger partial charge >= 0.3 is 5.97 Å². The van der Waals surface area contributed by atoms with Crippen LogP contribution in [0.5, 0.6) is 0 Å². The molecule has 0 heterocycles. The number of rotatable bonds is 15. The zero-order valence-electron chi connectivity index (χ0n) is 21.1. The van der Waals surface area contributed by atoms with Crippen molar-refractivity contribution in [2.24, 2.45) is 5.92 Å². The Labute approximate surface area is 217 Å². The first-order chi connectivity index (χ1) is 17.8. The molecule has 2 rings (SSSR count). The Morgan fingerprint density at radius 2 is 1.73 bits per heavy atom. The van der Waals surface area contributed by atoms with E-state index in [0.29, 0.717) is 12.1 Å². The molecule has 0 aliphatic rings. The van der Waals surface area contributed by atoms with E-state index in [9.17, 15) is 19.2 Å². The molecule has 9 nitrogen and oxygen atoms in total. The molecule has 0 radical (unpaired) electrons. The molecule has 0 aliphatic carbocycles. The van der Waals surface area contributed by atoms with Crippen LogP contribution in [0.2, 0.25) is 0 Å². The van der Waals surface area contributed by atoms with Crippen LogP contribution in [0.25, 0.3) is 10.8 Å². The van der Waals surface area contributed by atoms with Crippen molar-refractivity contribution in [3.63, 3.8) is 0 Å². The number of hydrogen-bond donors (Lipinski definition) is 4. The van der Waals surface area contributed by atoms with Gasteiger partial charge in [0.25, 0.3) is 5.91 Å². The zero-order valence-corrected chi connectivity index (χ0v) is 21.1. The molecule has 0 saturated carbocycles. The van der Waals surface area contributed by atoms with Gasteiger partial charge in [0.2, 0.25) is 11.8 Å². The summed E-state index contributed by atoms with van der Waals surface area (Å²) in [4.78, 5) is 50.5. The van der Waals surface area contributed by atoms with Gasteiger partial charge in [-0.2, -0.15) is 0 Å². The van der Waals surface area contributed by atoms with Gasteiger partial charge < -0.3 is 25.8 Å². The summed E-state index contributed by atoms with van der Waals surface area (Å²) in [5, 5.41) is 19.0. The third-order valence-corrected chi connectivity index (χ3v) is 5.55. The van der Waals surface area contributed by atoms with Crippen molar-refractivity contribution in [1.29, 1.82) is 0 Å². The Hall–Kier alpha value is -3.98. The SMILES string of the molecule is C=CCCC(=O)OCC(NC(=O)C(CC=C)CC(=O)NC(C)CO)C(=O)Nc1ccc2ccccc2c1. The molecule has 198 valence electrons. The van der Waals surface area contributed by atoms with Crippen molar-refractivity contribution in [3.8, 4) is 0 Å². The minimum atomic E-state index is -1.20. The van der Waals surface area contributed by atoms with Crippen LogP contribution in [0, 0.1) is 5.92 Å². The van der Waals surface area contributed by atoms with Gasteiger partial charge in [0.1, 0.15) is 12.6 Å². The van der Waals surface area contributed by atoms with Crippen molar-refractivity contribution in [3.05, 3.63) is 67.8 Å². The molecule has 4 N–H and O–H groups in total. The van der Waals surface area contributed by atoms with Crippen LogP contribution >= 0.6 is 0 Å². The fourth-order valence-electron chi connectivity index (χ4n) is 3.52. The van der Waals surface area contributed by atoms with E-state index in [1.807, 2.05) is 30.3 Å². The standard InChI is InChI=1S/C28H35N3O6/c1-4-6-12-26(34)37-18-24(28(36)30-23-14-13-20-10-7-8-11-21(20)15-23)31-27(35)22(9-5-2)16-25(33)29-19(3)17-32/h4-5,7-8,10-11,13-15,19,22,24,32H,1-2,6,9,12,16-18H2,3H3,(H,29,33)(H,30,36)(H,31,35). The molecular formula is C28H35N3O6. The zero-order chi connectivity index (χ0) is 27.2. The number of ether oxygens (including phenoxy) is 1. The van der Waals surface area contributed by atoms with Crippen LogP contribution in [-0.2, 0) is 23.9 Å². The molecule has 3 atom stereocenters. The van der Waals surface area contributed by atoms with E-state index in [2.05, 4.69) is 29.1 Å². The summed E-state index contributed by atoms with van der Waals surface area (Å²) in [5.74, 6) is -2.89. The predicted molar refractivity (Wildman–Crippen MR) is 143 cm³/mol. The number of hydrogen-bond acceptors (Lipinski definition) is 6. The third kappa shape index (κ3) is 9.89. The number of benzene rings is 2. The van der Waals surface area contributed by atoms with Crippen molar-refractivity contribution in [2.45, 2.75) is 44.7 Å². The molecule has 0 aromatic heterocycles. The normalized spacial score (nSPS) is 13.0. The Bertz CT molecular complexity index is 1120. The van der Waals surface area contributed by atoms with Crippen LogP contribution in [0.3, 0.4) is 0 Å². The van der Waals surface area contributed by atoms with Gasteiger partial charge in [-0.3, -0.25) is 19.2 Å². The highest BCUT2D eigenvalue weighted by molar-refractivity contribution is 5.99. The average molecular weight is 510 g/mol. The Morgan fingerprint density at radius 3 is 2.41 bits per heavy atom. The van der Waals surface area contributed by atoms with E-state index in [1.54, 1.807) is 25.1 Å². The number of esters is 1. The van der Waals surface area contributed by atoms with E-state index in [1.165, 1.54) is 6.08 Å². The largest absolute Gasteiger partial charge is 0.463 e. The van der Waals surface area contributed by atoms with Crippen molar-refractivity contribution < 1.29 is 29.0 Å².